The minimum Gasteiger partial charge on any atom is -0.496 e. The number of methoxy groups -OCH3 is 1. The van der Waals surface area contributed by atoms with Gasteiger partial charge in [0.2, 0.25) is 0 Å². The average Bonchev–Trinajstić information content (AvgIpc) is 2.65. The summed E-state index contributed by atoms with van der Waals surface area (Å²) in [7, 11) is 1.77. The Bertz CT molecular complexity index is 421. The van der Waals surface area contributed by atoms with Gasteiger partial charge in [0.25, 0.3) is 0 Å². The van der Waals surface area contributed by atoms with E-state index in [0.29, 0.717) is 6.04 Å². The normalized spacial score (nSPS) is 23.4. The molecule has 1 aromatic rings. The fourth-order valence-electron chi connectivity index (χ4n) is 3.34. The van der Waals surface area contributed by atoms with Crippen molar-refractivity contribution in [3.05, 3.63) is 28.2 Å². The van der Waals surface area contributed by atoms with Crippen LogP contribution in [0.1, 0.15) is 44.6 Å². The lowest BCUT2D eigenvalue weighted by Crippen LogP contribution is -2.30. The Hall–Kier alpha value is -0.540. The predicted molar refractivity (Wildman–Crippen MR) is 88.4 cm³/mol. The standard InChI is InChI=1S/C17H26BrNO/c1-3-19-16-7-5-4-6-13(11-16)10-14-12-15(18)8-9-17(14)20-2/h8-9,12-13,16,19H,3-7,10-11H2,1-2H3. The average molecular weight is 340 g/mol. The highest BCUT2D eigenvalue weighted by Crippen LogP contribution is 2.31. The fourth-order valence-corrected chi connectivity index (χ4v) is 3.75. The van der Waals surface area contributed by atoms with Crippen LogP contribution in [0.3, 0.4) is 0 Å². The molecule has 0 heterocycles. The second-order valence-corrected chi connectivity index (χ2v) is 6.72. The zero-order chi connectivity index (χ0) is 14.4. The molecule has 0 aliphatic heterocycles. The van der Waals surface area contributed by atoms with Crippen LogP contribution < -0.4 is 10.1 Å². The van der Waals surface area contributed by atoms with Crippen LogP contribution in [0.15, 0.2) is 22.7 Å². The molecule has 1 aliphatic carbocycles. The first-order chi connectivity index (χ1) is 9.72. The van der Waals surface area contributed by atoms with E-state index < -0.39 is 0 Å². The van der Waals surface area contributed by atoms with Crippen LogP contribution in [0.25, 0.3) is 0 Å². The molecule has 0 spiro atoms. The first-order valence-electron chi connectivity index (χ1n) is 7.78. The zero-order valence-electron chi connectivity index (χ0n) is 12.6. The van der Waals surface area contributed by atoms with Gasteiger partial charge in [-0.3, -0.25) is 0 Å². The van der Waals surface area contributed by atoms with Crippen LogP contribution in [0, 0.1) is 5.92 Å². The van der Waals surface area contributed by atoms with E-state index >= 15 is 0 Å². The van der Waals surface area contributed by atoms with Gasteiger partial charge < -0.3 is 10.1 Å². The zero-order valence-corrected chi connectivity index (χ0v) is 14.2. The molecular formula is C17H26BrNO. The maximum atomic E-state index is 5.51. The van der Waals surface area contributed by atoms with Crippen molar-refractivity contribution in [1.29, 1.82) is 0 Å². The molecule has 0 bridgehead atoms. The van der Waals surface area contributed by atoms with Gasteiger partial charge >= 0.3 is 0 Å². The van der Waals surface area contributed by atoms with Crippen LogP contribution in [0.4, 0.5) is 0 Å². The Morgan fingerprint density at radius 3 is 2.85 bits per heavy atom. The van der Waals surface area contributed by atoms with Gasteiger partial charge in [0, 0.05) is 10.5 Å². The number of rotatable bonds is 5. The van der Waals surface area contributed by atoms with Crippen molar-refractivity contribution in [2.75, 3.05) is 13.7 Å². The van der Waals surface area contributed by atoms with E-state index in [4.69, 9.17) is 4.74 Å². The lowest BCUT2D eigenvalue weighted by Gasteiger charge is -2.21. The van der Waals surface area contributed by atoms with Gasteiger partial charge in [0.05, 0.1) is 7.11 Å². The van der Waals surface area contributed by atoms with E-state index in [0.717, 1.165) is 29.1 Å². The Labute approximate surface area is 131 Å². The third-order valence-corrected chi connectivity index (χ3v) is 4.77. The quantitative estimate of drug-likeness (QED) is 0.794. The van der Waals surface area contributed by atoms with E-state index in [1.54, 1.807) is 7.11 Å². The Kier molecular flexibility index (Phi) is 6.37. The largest absolute Gasteiger partial charge is 0.496 e. The van der Waals surface area contributed by atoms with Gasteiger partial charge in [0.15, 0.2) is 0 Å². The first-order valence-corrected chi connectivity index (χ1v) is 8.58. The molecule has 1 aromatic carbocycles. The molecule has 1 aliphatic rings. The first kappa shape index (κ1) is 15.8. The van der Waals surface area contributed by atoms with Gasteiger partial charge in [-0.05, 0) is 55.5 Å². The van der Waals surface area contributed by atoms with Crippen molar-refractivity contribution in [2.24, 2.45) is 5.92 Å². The lowest BCUT2D eigenvalue weighted by atomic mass is 9.90. The molecule has 20 heavy (non-hydrogen) atoms. The second kappa shape index (κ2) is 8.04. The summed E-state index contributed by atoms with van der Waals surface area (Å²) in [5, 5.41) is 3.64. The van der Waals surface area contributed by atoms with Crippen LogP contribution in [0.5, 0.6) is 5.75 Å². The maximum absolute atomic E-state index is 5.51. The molecule has 1 fully saturated rings. The molecule has 112 valence electrons. The Morgan fingerprint density at radius 1 is 1.30 bits per heavy atom. The monoisotopic (exact) mass is 339 g/mol. The van der Waals surface area contributed by atoms with E-state index in [1.165, 1.54) is 37.7 Å². The summed E-state index contributed by atoms with van der Waals surface area (Å²) in [6, 6.07) is 7.03. The van der Waals surface area contributed by atoms with Gasteiger partial charge in [-0.25, -0.2) is 0 Å². The number of ether oxygens (including phenoxy) is 1. The molecule has 0 aromatic heterocycles. The summed E-state index contributed by atoms with van der Waals surface area (Å²) in [6.45, 7) is 3.29. The van der Waals surface area contributed by atoms with Gasteiger partial charge in [-0.1, -0.05) is 42.1 Å². The third kappa shape index (κ3) is 4.49. The summed E-state index contributed by atoms with van der Waals surface area (Å²) in [5.74, 6) is 1.79. The molecule has 1 saturated carbocycles. The number of halogens is 1. The molecule has 2 rings (SSSR count). The molecule has 2 unspecified atom stereocenters. The maximum Gasteiger partial charge on any atom is 0.122 e. The molecule has 2 atom stereocenters. The van der Waals surface area contributed by atoms with Crippen molar-refractivity contribution in [2.45, 2.75) is 51.5 Å². The summed E-state index contributed by atoms with van der Waals surface area (Å²) < 4.78 is 6.65. The van der Waals surface area contributed by atoms with Crippen LogP contribution >= 0.6 is 15.9 Å². The highest BCUT2D eigenvalue weighted by atomic mass is 79.9. The van der Waals surface area contributed by atoms with Crippen LogP contribution in [-0.2, 0) is 6.42 Å². The summed E-state index contributed by atoms with van der Waals surface area (Å²) in [6.07, 6.45) is 7.83. The smallest absolute Gasteiger partial charge is 0.122 e. The lowest BCUT2D eigenvalue weighted by molar-refractivity contribution is 0.374. The highest BCUT2D eigenvalue weighted by molar-refractivity contribution is 9.10. The third-order valence-electron chi connectivity index (χ3n) is 4.28. The SMILES string of the molecule is CCNC1CCCCC(Cc2cc(Br)ccc2OC)C1. The number of benzene rings is 1. The van der Waals surface area contributed by atoms with Crippen molar-refractivity contribution in [1.82, 2.24) is 5.32 Å². The second-order valence-electron chi connectivity index (χ2n) is 5.80. The summed E-state index contributed by atoms with van der Waals surface area (Å²) in [4.78, 5) is 0. The van der Waals surface area contributed by atoms with E-state index in [1.807, 2.05) is 0 Å². The summed E-state index contributed by atoms with van der Waals surface area (Å²) >= 11 is 3.57. The molecule has 3 heteroatoms. The van der Waals surface area contributed by atoms with E-state index in [-0.39, 0.29) is 0 Å². The van der Waals surface area contributed by atoms with Crippen LogP contribution in [0.2, 0.25) is 0 Å². The number of hydrogen-bond donors (Lipinski definition) is 1. The molecule has 0 amide bonds. The number of nitrogens with one attached hydrogen (secondary N) is 1. The van der Waals surface area contributed by atoms with E-state index in [2.05, 4.69) is 46.4 Å². The van der Waals surface area contributed by atoms with Crippen LogP contribution in [-0.4, -0.2) is 19.7 Å². The van der Waals surface area contributed by atoms with Gasteiger partial charge in [-0.2, -0.15) is 0 Å². The minimum atomic E-state index is 0.700. The molecule has 0 saturated heterocycles. The molecule has 2 nitrogen and oxygen atoms in total. The fraction of sp³-hybridized carbons (Fsp3) is 0.647. The Morgan fingerprint density at radius 2 is 2.10 bits per heavy atom. The topological polar surface area (TPSA) is 21.3 Å². The van der Waals surface area contributed by atoms with Crippen molar-refractivity contribution in [3.8, 4) is 5.75 Å². The highest BCUT2D eigenvalue weighted by Gasteiger charge is 2.21. The number of hydrogen-bond acceptors (Lipinski definition) is 2. The molecule has 1 N–H and O–H groups in total. The molecule has 0 radical (unpaired) electrons. The van der Waals surface area contributed by atoms with Gasteiger partial charge in [-0.15, -0.1) is 0 Å². The van der Waals surface area contributed by atoms with Crippen molar-refractivity contribution >= 4 is 15.9 Å². The van der Waals surface area contributed by atoms with Crippen molar-refractivity contribution in [3.63, 3.8) is 0 Å². The van der Waals surface area contributed by atoms with Crippen molar-refractivity contribution < 1.29 is 4.74 Å². The summed E-state index contributed by atoms with van der Waals surface area (Å²) in [5.41, 5.74) is 1.34. The van der Waals surface area contributed by atoms with E-state index in [9.17, 15) is 0 Å². The van der Waals surface area contributed by atoms with Gasteiger partial charge in [0.1, 0.15) is 5.75 Å². The molecular weight excluding hydrogens is 314 g/mol. The Balaban J connectivity index is 2.05. The minimum absolute atomic E-state index is 0.700. The predicted octanol–water partition coefficient (Wildman–Crippen LogP) is 4.56.